The third-order valence-electron chi connectivity index (χ3n) is 8.11. The van der Waals surface area contributed by atoms with Gasteiger partial charge in [-0.15, -0.1) is 0 Å². The molecule has 238 valence electrons. The Morgan fingerprint density at radius 2 is 1.61 bits per heavy atom. The Hall–Kier alpha value is -4.98. The number of nitrogens with zero attached hydrogens (tertiary/aromatic N) is 2. The van der Waals surface area contributed by atoms with Crippen molar-refractivity contribution in [3.63, 3.8) is 0 Å². The molecule has 8 heteroatoms. The molecule has 2 amide bonds. The van der Waals surface area contributed by atoms with Gasteiger partial charge in [0.05, 0.1) is 23.0 Å². The number of aryl methyl sites for hydroxylation is 1. The number of carbonyl (C=O) groups is 3. The van der Waals surface area contributed by atoms with Gasteiger partial charge in [0.25, 0.3) is 11.8 Å². The number of nitrogens with one attached hydrogen (secondary N) is 2. The van der Waals surface area contributed by atoms with Gasteiger partial charge >= 0.3 is 5.97 Å². The van der Waals surface area contributed by atoms with Crippen molar-refractivity contribution in [3.05, 3.63) is 113 Å². The number of hydrogen-bond donors (Lipinski definition) is 2. The highest BCUT2D eigenvalue weighted by atomic mass is 16.6. The first-order valence-electron chi connectivity index (χ1n) is 15.9. The number of fused-ring (bicyclic) bond motifs is 1. The molecule has 0 bridgehead atoms. The first-order chi connectivity index (χ1) is 22.1. The largest absolute Gasteiger partial charge is 0.456 e. The maximum absolute atomic E-state index is 13.5. The summed E-state index contributed by atoms with van der Waals surface area (Å²) in [6.07, 6.45) is 4.55. The predicted molar refractivity (Wildman–Crippen MR) is 182 cm³/mol. The number of rotatable bonds is 9. The molecule has 0 saturated carbocycles. The van der Waals surface area contributed by atoms with Crippen LogP contribution in [0, 0.1) is 0 Å². The molecule has 0 spiro atoms. The average molecular weight is 619 g/mol. The van der Waals surface area contributed by atoms with E-state index in [1.165, 1.54) is 17.2 Å². The second-order valence-corrected chi connectivity index (χ2v) is 12.5. The number of anilines is 2. The molecule has 1 aliphatic rings. The predicted octanol–water partition coefficient (Wildman–Crippen LogP) is 7.61. The van der Waals surface area contributed by atoms with Gasteiger partial charge in [0.2, 0.25) is 0 Å². The van der Waals surface area contributed by atoms with Crippen LogP contribution in [0.1, 0.15) is 95.7 Å². The fourth-order valence-corrected chi connectivity index (χ4v) is 5.82. The van der Waals surface area contributed by atoms with E-state index in [1.807, 2.05) is 30.3 Å². The highest BCUT2D eigenvalue weighted by molar-refractivity contribution is 6.07. The van der Waals surface area contributed by atoms with Crippen LogP contribution < -0.4 is 15.5 Å². The van der Waals surface area contributed by atoms with Gasteiger partial charge in [-0.05, 0) is 114 Å². The second-order valence-electron chi connectivity index (χ2n) is 12.5. The average Bonchev–Trinajstić information content (AvgIpc) is 3.05. The van der Waals surface area contributed by atoms with Gasteiger partial charge in [-0.1, -0.05) is 30.3 Å². The number of esters is 1. The van der Waals surface area contributed by atoms with Crippen molar-refractivity contribution in [1.29, 1.82) is 0 Å². The Balaban J connectivity index is 1.44. The van der Waals surface area contributed by atoms with Crippen LogP contribution in [0.5, 0.6) is 0 Å². The lowest BCUT2D eigenvalue weighted by atomic mass is 9.87. The first-order valence-corrected chi connectivity index (χ1v) is 15.9. The molecule has 2 N–H and O–H groups in total. The smallest absolute Gasteiger partial charge is 0.338 e. The van der Waals surface area contributed by atoms with Crippen molar-refractivity contribution < 1.29 is 19.1 Å². The standard InChI is InChI=1S/C38H42N4O4/c1-6-42(7-2)29-18-19-33(41-35(43)26-14-10-15-28(22-26)37(45)46-38(3,4)5)31(24-29)34-23-27(20-21-39-34)36(44)40-32-17-11-13-25-12-8-9-16-30(25)32/h8-10,12,14-16,18-24,32H,6-7,11,13,17H2,1-5H3,(H,40,44)(H,41,43). The monoisotopic (exact) mass is 618 g/mol. The van der Waals surface area contributed by atoms with Gasteiger partial charge in [0, 0.05) is 41.7 Å². The van der Waals surface area contributed by atoms with Crippen LogP contribution >= 0.6 is 0 Å². The number of hydrogen-bond acceptors (Lipinski definition) is 6. The lowest BCUT2D eigenvalue weighted by Gasteiger charge is -2.26. The van der Waals surface area contributed by atoms with Crippen LogP contribution in [-0.4, -0.2) is 41.5 Å². The third kappa shape index (κ3) is 7.62. The van der Waals surface area contributed by atoms with Crippen molar-refractivity contribution >= 4 is 29.2 Å². The van der Waals surface area contributed by atoms with Crippen LogP contribution in [0.15, 0.2) is 85.1 Å². The zero-order valence-electron chi connectivity index (χ0n) is 27.2. The Labute approximate surface area is 271 Å². The van der Waals surface area contributed by atoms with Gasteiger partial charge in [0.1, 0.15) is 5.60 Å². The van der Waals surface area contributed by atoms with Crippen LogP contribution in [0.2, 0.25) is 0 Å². The van der Waals surface area contributed by atoms with Crippen LogP contribution in [0.4, 0.5) is 11.4 Å². The summed E-state index contributed by atoms with van der Waals surface area (Å²) in [5, 5.41) is 6.25. The molecule has 1 aliphatic carbocycles. The summed E-state index contributed by atoms with van der Waals surface area (Å²) in [7, 11) is 0. The van der Waals surface area contributed by atoms with E-state index in [2.05, 4.69) is 46.5 Å². The number of amides is 2. The molecule has 0 fully saturated rings. The molecule has 0 saturated heterocycles. The van der Waals surface area contributed by atoms with E-state index in [-0.39, 0.29) is 17.9 Å². The van der Waals surface area contributed by atoms with Gasteiger partial charge in [0.15, 0.2) is 0 Å². The summed E-state index contributed by atoms with van der Waals surface area (Å²) >= 11 is 0. The SMILES string of the molecule is CCN(CC)c1ccc(NC(=O)c2cccc(C(=O)OC(C)(C)C)c2)c(-c2cc(C(=O)NC3CCCc4ccccc43)ccn2)c1. The first kappa shape index (κ1) is 32.4. The Morgan fingerprint density at radius 3 is 2.37 bits per heavy atom. The van der Waals surface area contributed by atoms with Gasteiger partial charge in [-0.2, -0.15) is 0 Å². The van der Waals surface area contributed by atoms with E-state index in [0.29, 0.717) is 33.6 Å². The van der Waals surface area contributed by atoms with Crippen LogP contribution in [0.25, 0.3) is 11.3 Å². The number of benzene rings is 3. The minimum absolute atomic E-state index is 0.0497. The molecule has 3 aromatic carbocycles. The molecule has 1 unspecified atom stereocenters. The summed E-state index contributed by atoms with van der Waals surface area (Å²) in [4.78, 5) is 46.6. The van der Waals surface area contributed by atoms with Gasteiger partial charge in [-0.3, -0.25) is 14.6 Å². The molecule has 5 rings (SSSR count). The topological polar surface area (TPSA) is 101 Å². The van der Waals surface area contributed by atoms with Crippen molar-refractivity contribution in [2.75, 3.05) is 23.3 Å². The summed E-state index contributed by atoms with van der Waals surface area (Å²) < 4.78 is 5.49. The van der Waals surface area contributed by atoms with E-state index in [1.54, 1.807) is 57.3 Å². The zero-order valence-corrected chi connectivity index (χ0v) is 27.2. The van der Waals surface area contributed by atoms with Crippen molar-refractivity contribution in [2.24, 2.45) is 0 Å². The Bertz CT molecular complexity index is 1740. The normalized spacial score (nSPS) is 14.2. The van der Waals surface area contributed by atoms with Crippen LogP contribution in [-0.2, 0) is 11.2 Å². The van der Waals surface area contributed by atoms with E-state index in [4.69, 9.17) is 4.74 Å². The minimum Gasteiger partial charge on any atom is -0.456 e. The molecular weight excluding hydrogens is 576 g/mol. The maximum atomic E-state index is 13.5. The minimum atomic E-state index is -0.657. The van der Waals surface area contributed by atoms with Crippen molar-refractivity contribution in [3.8, 4) is 11.3 Å². The quantitative estimate of drug-likeness (QED) is 0.187. The van der Waals surface area contributed by atoms with E-state index >= 15 is 0 Å². The molecule has 1 aromatic heterocycles. The van der Waals surface area contributed by atoms with Gasteiger partial charge < -0.3 is 20.3 Å². The highest BCUT2D eigenvalue weighted by Gasteiger charge is 2.23. The molecule has 0 radical (unpaired) electrons. The lowest BCUT2D eigenvalue weighted by Crippen LogP contribution is -2.31. The molecule has 1 atom stereocenters. The number of ether oxygens (including phenoxy) is 1. The lowest BCUT2D eigenvalue weighted by molar-refractivity contribution is 0.00693. The fraction of sp³-hybridized carbons (Fsp3) is 0.316. The zero-order chi connectivity index (χ0) is 32.8. The van der Waals surface area contributed by atoms with Crippen LogP contribution in [0.3, 0.4) is 0 Å². The molecule has 46 heavy (non-hydrogen) atoms. The van der Waals surface area contributed by atoms with E-state index < -0.39 is 11.6 Å². The summed E-state index contributed by atoms with van der Waals surface area (Å²) in [6.45, 7) is 11.2. The highest BCUT2D eigenvalue weighted by Crippen LogP contribution is 2.33. The summed E-state index contributed by atoms with van der Waals surface area (Å²) in [6, 6.07) is 24.0. The fourth-order valence-electron chi connectivity index (χ4n) is 5.82. The molecular formula is C38H42N4O4. The molecule has 4 aromatic rings. The van der Waals surface area contributed by atoms with E-state index in [9.17, 15) is 14.4 Å². The third-order valence-corrected chi connectivity index (χ3v) is 8.11. The second kappa shape index (κ2) is 14.0. The molecule has 8 nitrogen and oxygen atoms in total. The number of pyridine rings is 1. The van der Waals surface area contributed by atoms with Gasteiger partial charge in [-0.25, -0.2) is 4.79 Å². The molecule has 1 heterocycles. The molecule has 0 aliphatic heterocycles. The maximum Gasteiger partial charge on any atom is 0.338 e. The summed E-state index contributed by atoms with van der Waals surface area (Å²) in [5.74, 6) is -1.05. The Kier molecular flexibility index (Phi) is 9.85. The number of aromatic nitrogens is 1. The van der Waals surface area contributed by atoms with Crippen molar-refractivity contribution in [2.45, 2.75) is 65.5 Å². The van der Waals surface area contributed by atoms with Crippen molar-refractivity contribution in [1.82, 2.24) is 10.3 Å². The van der Waals surface area contributed by atoms with E-state index in [0.717, 1.165) is 38.0 Å². The Morgan fingerprint density at radius 1 is 0.870 bits per heavy atom. The summed E-state index contributed by atoms with van der Waals surface area (Å²) in [5.41, 5.74) is 5.64. The number of carbonyl (C=O) groups excluding carboxylic acids is 3.